The van der Waals surface area contributed by atoms with E-state index in [0.29, 0.717) is 0 Å². The van der Waals surface area contributed by atoms with E-state index in [1.807, 2.05) is 25.1 Å². The second-order valence-corrected chi connectivity index (χ2v) is 7.44. The molecular formula is C21H26N2O3. The summed E-state index contributed by atoms with van der Waals surface area (Å²) < 4.78 is 5.24. The molecule has 3 aliphatic rings. The molecule has 0 amide bonds. The molecule has 5 nitrogen and oxygen atoms in total. The number of ether oxygens (including phenoxy) is 1. The Kier molecular flexibility index (Phi) is 4.04. The molecule has 1 aromatic rings. The highest BCUT2D eigenvalue weighted by Crippen LogP contribution is 2.60. The summed E-state index contributed by atoms with van der Waals surface area (Å²) in [5.74, 6) is -0.474. The number of piperidine rings is 1. The number of rotatable bonds is 3. The van der Waals surface area contributed by atoms with Gasteiger partial charge in [-0.2, -0.15) is 0 Å². The zero-order valence-corrected chi connectivity index (χ0v) is 15.6. The van der Waals surface area contributed by atoms with E-state index in [0.717, 1.165) is 36.3 Å². The van der Waals surface area contributed by atoms with E-state index in [-0.39, 0.29) is 24.5 Å². The van der Waals surface area contributed by atoms with Crippen LogP contribution in [-0.2, 0) is 14.9 Å². The average molecular weight is 354 g/mol. The molecule has 0 unspecified atom stereocenters. The molecule has 2 aliphatic heterocycles. The number of fused-ring (bicyclic) bond motifs is 6. The van der Waals surface area contributed by atoms with Crippen molar-refractivity contribution in [3.8, 4) is 0 Å². The first-order valence-electron chi connectivity index (χ1n) is 9.39. The molecule has 2 fully saturated rings. The number of benzene rings is 1. The summed E-state index contributed by atoms with van der Waals surface area (Å²) in [7, 11) is 1.40. The second-order valence-electron chi connectivity index (χ2n) is 7.44. The summed E-state index contributed by atoms with van der Waals surface area (Å²) in [4.78, 5) is 18.1. The molecule has 1 aliphatic carbocycles. The highest BCUT2D eigenvalue weighted by molar-refractivity contribution is 6.17. The molecule has 2 N–H and O–H groups in total. The van der Waals surface area contributed by atoms with Crippen molar-refractivity contribution >= 4 is 17.4 Å². The molecule has 4 rings (SSSR count). The predicted molar refractivity (Wildman–Crippen MR) is 101 cm³/mol. The van der Waals surface area contributed by atoms with Crippen molar-refractivity contribution in [1.82, 2.24) is 5.32 Å². The summed E-state index contributed by atoms with van der Waals surface area (Å²) >= 11 is 0. The molecule has 138 valence electrons. The highest BCUT2D eigenvalue weighted by Gasteiger charge is 2.68. The van der Waals surface area contributed by atoms with Gasteiger partial charge >= 0.3 is 5.97 Å². The third kappa shape index (κ3) is 1.82. The Morgan fingerprint density at radius 2 is 2.23 bits per heavy atom. The minimum Gasteiger partial charge on any atom is -0.468 e. The molecule has 26 heavy (non-hydrogen) atoms. The van der Waals surface area contributed by atoms with Gasteiger partial charge in [0.1, 0.15) is 5.41 Å². The molecule has 1 aromatic carbocycles. The number of methoxy groups -OCH3 is 1. The zero-order valence-electron chi connectivity index (χ0n) is 15.6. The Bertz CT molecular complexity index is 815. The molecule has 1 saturated carbocycles. The second kappa shape index (κ2) is 6.03. The van der Waals surface area contributed by atoms with Crippen LogP contribution in [0.3, 0.4) is 0 Å². The van der Waals surface area contributed by atoms with Gasteiger partial charge in [0.05, 0.1) is 30.5 Å². The number of aliphatic imine (C=N–C) groups is 1. The zero-order chi connectivity index (χ0) is 18.5. The largest absolute Gasteiger partial charge is 0.468 e. The van der Waals surface area contributed by atoms with Crippen LogP contribution >= 0.6 is 0 Å². The number of nitrogens with zero attached hydrogens (tertiary/aromatic N) is 1. The summed E-state index contributed by atoms with van der Waals surface area (Å²) in [6, 6.07) is 8.19. The Labute approximate surface area is 154 Å². The van der Waals surface area contributed by atoms with Crippen molar-refractivity contribution in [2.24, 2.45) is 16.3 Å². The lowest BCUT2D eigenvalue weighted by Crippen LogP contribution is -2.70. The minimum atomic E-state index is -1.12. The minimum absolute atomic E-state index is 0.0861. The number of esters is 1. The van der Waals surface area contributed by atoms with E-state index in [9.17, 15) is 9.90 Å². The lowest BCUT2D eigenvalue weighted by Gasteiger charge is -2.57. The van der Waals surface area contributed by atoms with Crippen LogP contribution in [0, 0.1) is 11.3 Å². The van der Waals surface area contributed by atoms with Gasteiger partial charge in [-0.15, -0.1) is 0 Å². The van der Waals surface area contributed by atoms with Gasteiger partial charge in [-0.3, -0.25) is 9.79 Å². The predicted octanol–water partition coefficient (Wildman–Crippen LogP) is 2.51. The summed E-state index contributed by atoms with van der Waals surface area (Å²) in [5, 5.41) is 14.3. The van der Waals surface area contributed by atoms with Crippen LogP contribution in [0.4, 0.5) is 5.69 Å². The maximum atomic E-state index is 13.1. The van der Waals surface area contributed by atoms with E-state index >= 15 is 0 Å². The average Bonchev–Trinajstić information content (AvgIpc) is 3.03. The number of carbonyl (C=O) groups excluding carboxylic acids is 1. The number of aliphatic hydroxyl groups is 1. The van der Waals surface area contributed by atoms with Crippen LogP contribution in [0.2, 0.25) is 0 Å². The van der Waals surface area contributed by atoms with E-state index < -0.39 is 10.8 Å². The fourth-order valence-electron chi connectivity index (χ4n) is 5.70. The molecule has 0 spiro atoms. The fraction of sp³-hybridized carbons (Fsp3) is 0.524. The van der Waals surface area contributed by atoms with Crippen molar-refractivity contribution in [1.29, 1.82) is 0 Å². The fourth-order valence-corrected chi connectivity index (χ4v) is 5.70. The smallest absolute Gasteiger partial charge is 0.320 e. The lowest BCUT2D eigenvalue weighted by molar-refractivity contribution is -0.154. The van der Waals surface area contributed by atoms with Gasteiger partial charge in [0.25, 0.3) is 0 Å². The van der Waals surface area contributed by atoms with E-state index in [1.54, 1.807) is 0 Å². The molecule has 5 heteroatoms. The number of hydrogen-bond acceptors (Lipinski definition) is 5. The molecule has 4 atom stereocenters. The standard InChI is InChI=1S/C21H26N2O3/c1-4-13-14-10-11-22-17(13)20(5-2)15-8-6-7-9-16(15)23-18(20)21(14,12-24)19(25)26-3/h4,6-9,14,17,22,24H,5,10-12H2,1-3H3/t14-,17+,20+,21+/m1/s1. The number of carbonyl (C=O) groups is 1. The Balaban J connectivity index is 2.08. The molecule has 1 saturated heterocycles. The van der Waals surface area contributed by atoms with Gasteiger partial charge in [-0.25, -0.2) is 0 Å². The van der Waals surface area contributed by atoms with E-state index in [2.05, 4.69) is 24.4 Å². The summed E-state index contributed by atoms with van der Waals surface area (Å²) in [5.41, 5.74) is 2.44. The maximum Gasteiger partial charge on any atom is 0.320 e. The van der Waals surface area contributed by atoms with Crippen molar-refractivity contribution in [3.05, 3.63) is 41.5 Å². The van der Waals surface area contributed by atoms with E-state index in [4.69, 9.17) is 9.73 Å². The van der Waals surface area contributed by atoms with Gasteiger partial charge in [0.15, 0.2) is 0 Å². The topological polar surface area (TPSA) is 70.9 Å². The van der Waals surface area contributed by atoms with Gasteiger partial charge in [0, 0.05) is 12.0 Å². The van der Waals surface area contributed by atoms with Crippen LogP contribution in [0.15, 0.2) is 40.9 Å². The first-order chi connectivity index (χ1) is 12.6. The van der Waals surface area contributed by atoms with Gasteiger partial charge < -0.3 is 15.2 Å². The van der Waals surface area contributed by atoms with Crippen LogP contribution in [-0.4, -0.2) is 43.1 Å². The lowest BCUT2D eigenvalue weighted by atomic mass is 9.48. The van der Waals surface area contributed by atoms with Gasteiger partial charge in [-0.1, -0.05) is 36.8 Å². The number of para-hydroxylation sites is 1. The maximum absolute atomic E-state index is 13.1. The molecule has 0 radical (unpaired) electrons. The first-order valence-corrected chi connectivity index (χ1v) is 9.39. The normalized spacial score (nSPS) is 36.3. The Hall–Kier alpha value is -1.98. The Morgan fingerprint density at radius 3 is 2.88 bits per heavy atom. The third-order valence-corrected chi connectivity index (χ3v) is 6.76. The van der Waals surface area contributed by atoms with Crippen LogP contribution in [0.1, 0.15) is 32.3 Å². The number of nitrogens with one attached hydrogen (secondary N) is 1. The number of allylic oxidation sites excluding steroid dienone is 1. The summed E-state index contributed by atoms with van der Waals surface area (Å²) in [6.45, 7) is 4.68. The van der Waals surface area contributed by atoms with Crippen molar-refractivity contribution < 1.29 is 14.6 Å². The Morgan fingerprint density at radius 1 is 1.46 bits per heavy atom. The molecule has 2 bridgehead atoms. The highest BCUT2D eigenvalue weighted by atomic mass is 16.5. The SMILES string of the molecule is CC=C1[C@H]2CCN[C@@H]1[C@@]1(CC)C(=Nc3ccccc31)[C@@]2(CO)C(=O)OC. The molecule has 0 aromatic heterocycles. The molecule has 2 heterocycles. The quantitative estimate of drug-likeness (QED) is 0.646. The van der Waals surface area contributed by atoms with Crippen molar-refractivity contribution in [2.45, 2.75) is 38.1 Å². The van der Waals surface area contributed by atoms with Gasteiger partial charge in [-0.05, 0) is 37.9 Å². The first kappa shape index (κ1) is 17.4. The van der Waals surface area contributed by atoms with Crippen LogP contribution in [0.25, 0.3) is 0 Å². The van der Waals surface area contributed by atoms with Crippen LogP contribution in [0.5, 0.6) is 0 Å². The summed E-state index contributed by atoms with van der Waals surface area (Å²) in [6.07, 6.45) is 3.69. The third-order valence-electron chi connectivity index (χ3n) is 6.76. The molecular weight excluding hydrogens is 328 g/mol. The van der Waals surface area contributed by atoms with Gasteiger partial charge in [0.2, 0.25) is 0 Å². The van der Waals surface area contributed by atoms with E-state index in [1.165, 1.54) is 12.7 Å². The number of aliphatic hydroxyl groups excluding tert-OH is 1. The monoisotopic (exact) mass is 354 g/mol. The number of hydrogen-bond donors (Lipinski definition) is 2. The van der Waals surface area contributed by atoms with Crippen LogP contribution < -0.4 is 5.32 Å². The van der Waals surface area contributed by atoms with Crippen molar-refractivity contribution in [2.75, 3.05) is 20.3 Å². The van der Waals surface area contributed by atoms with Crippen molar-refractivity contribution in [3.63, 3.8) is 0 Å².